The minimum atomic E-state index is 0.724. The van der Waals surface area contributed by atoms with E-state index in [4.69, 9.17) is 5.10 Å². The van der Waals surface area contributed by atoms with Crippen molar-refractivity contribution in [2.24, 2.45) is 5.10 Å². The number of nitrogens with zero attached hydrogens (tertiary/aromatic N) is 4. The Labute approximate surface area is 176 Å². The standard InChI is InChI=1S/C22H17BrN4S/c23-20-13-7-10-18(14-20)15-24-27-21(19-11-5-2-6-12-19)25-26-22(27)28-16-17-8-3-1-4-9-17/h1-15H,16H2/b24-15-. The minimum Gasteiger partial charge on any atom is -0.187 e. The summed E-state index contributed by atoms with van der Waals surface area (Å²) in [6, 6.07) is 28.3. The number of aromatic nitrogens is 3. The summed E-state index contributed by atoms with van der Waals surface area (Å²) in [6.45, 7) is 0. The van der Waals surface area contributed by atoms with Crippen LogP contribution in [0.2, 0.25) is 0 Å². The van der Waals surface area contributed by atoms with Crippen molar-refractivity contribution in [1.29, 1.82) is 0 Å². The van der Waals surface area contributed by atoms with Gasteiger partial charge in [-0.05, 0) is 23.3 Å². The van der Waals surface area contributed by atoms with E-state index in [1.54, 1.807) is 11.8 Å². The zero-order valence-electron chi connectivity index (χ0n) is 14.9. The maximum atomic E-state index is 4.69. The Hall–Kier alpha value is -2.70. The first-order chi connectivity index (χ1) is 13.8. The number of hydrogen-bond acceptors (Lipinski definition) is 4. The van der Waals surface area contributed by atoms with Crippen molar-refractivity contribution in [2.45, 2.75) is 10.9 Å². The van der Waals surface area contributed by atoms with Crippen LogP contribution in [0.25, 0.3) is 11.4 Å². The third-order valence-corrected chi connectivity index (χ3v) is 5.51. The molecule has 4 aromatic rings. The number of benzene rings is 3. The second-order valence-corrected chi connectivity index (χ2v) is 7.92. The maximum Gasteiger partial charge on any atom is 0.212 e. The van der Waals surface area contributed by atoms with Crippen LogP contribution in [0.15, 0.2) is 99.7 Å². The molecule has 4 nitrogen and oxygen atoms in total. The van der Waals surface area contributed by atoms with Gasteiger partial charge in [0.1, 0.15) is 0 Å². The van der Waals surface area contributed by atoms with Crippen molar-refractivity contribution in [2.75, 3.05) is 0 Å². The average molecular weight is 449 g/mol. The first-order valence-electron chi connectivity index (χ1n) is 8.77. The molecule has 4 rings (SSSR count). The lowest BCUT2D eigenvalue weighted by Gasteiger charge is -2.05. The highest BCUT2D eigenvalue weighted by molar-refractivity contribution is 9.10. The van der Waals surface area contributed by atoms with E-state index >= 15 is 0 Å². The van der Waals surface area contributed by atoms with Gasteiger partial charge >= 0.3 is 0 Å². The Morgan fingerprint density at radius 2 is 1.64 bits per heavy atom. The fraction of sp³-hybridized carbons (Fsp3) is 0.0455. The minimum absolute atomic E-state index is 0.724. The van der Waals surface area contributed by atoms with Gasteiger partial charge in [-0.1, -0.05) is 100 Å². The van der Waals surface area contributed by atoms with E-state index in [2.05, 4.69) is 38.3 Å². The lowest BCUT2D eigenvalue weighted by atomic mass is 10.2. The third-order valence-electron chi connectivity index (χ3n) is 4.03. The largest absolute Gasteiger partial charge is 0.212 e. The SMILES string of the molecule is Brc1cccc(/C=N\n2c(SCc3ccccc3)nnc2-c2ccccc2)c1. The Balaban J connectivity index is 1.67. The molecule has 0 radical (unpaired) electrons. The van der Waals surface area contributed by atoms with Crippen molar-refractivity contribution in [3.63, 3.8) is 0 Å². The van der Waals surface area contributed by atoms with Gasteiger partial charge in [-0.3, -0.25) is 0 Å². The molecular weight excluding hydrogens is 432 g/mol. The molecule has 0 bridgehead atoms. The van der Waals surface area contributed by atoms with Crippen molar-refractivity contribution < 1.29 is 0 Å². The van der Waals surface area contributed by atoms with Gasteiger partial charge in [0.2, 0.25) is 5.16 Å². The molecule has 0 aliphatic heterocycles. The van der Waals surface area contributed by atoms with Gasteiger partial charge in [0, 0.05) is 15.8 Å². The van der Waals surface area contributed by atoms with Crippen LogP contribution >= 0.6 is 27.7 Å². The summed E-state index contributed by atoms with van der Waals surface area (Å²) < 4.78 is 2.83. The smallest absolute Gasteiger partial charge is 0.187 e. The van der Waals surface area contributed by atoms with E-state index in [0.717, 1.165) is 32.3 Å². The molecule has 1 aromatic heterocycles. The van der Waals surface area contributed by atoms with Crippen LogP contribution in [0.5, 0.6) is 0 Å². The van der Waals surface area contributed by atoms with Gasteiger partial charge in [0.25, 0.3) is 0 Å². The number of rotatable bonds is 6. The Morgan fingerprint density at radius 3 is 2.39 bits per heavy atom. The monoisotopic (exact) mass is 448 g/mol. The van der Waals surface area contributed by atoms with E-state index in [1.165, 1.54) is 5.56 Å². The Morgan fingerprint density at radius 1 is 0.893 bits per heavy atom. The number of thioether (sulfide) groups is 1. The molecule has 0 spiro atoms. The molecule has 0 amide bonds. The van der Waals surface area contributed by atoms with Crippen molar-refractivity contribution >= 4 is 33.9 Å². The van der Waals surface area contributed by atoms with E-state index < -0.39 is 0 Å². The van der Waals surface area contributed by atoms with Crippen LogP contribution in [-0.2, 0) is 5.75 Å². The summed E-state index contributed by atoms with van der Waals surface area (Å²) in [4.78, 5) is 0. The summed E-state index contributed by atoms with van der Waals surface area (Å²) in [7, 11) is 0. The predicted octanol–water partition coefficient (Wildman–Crippen LogP) is 5.88. The van der Waals surface area contributed by atoms with Crippen molar-refractivity contribution in [3.05, 3.63) is 101 Å². The van der Waals surface area contributed by atoms with Gasteiger partial charge in [0.15, 0.2) is 5.82 Å². The van der Waals surface area contributed by atoms with Crippen LogP contribution in [-0.4, -0.2) is 21.1 Å². The highest BCUT2D eigenvalue weighted by Crippen LogP contribution is 2.26. The summed E-state index contributed by atoms with van der Waals surface area (Å²) in [5.41, 5.74) is 3.22. The molecule has 0 saturated carbocycles. The molecule has 28 heavy (non-hydrogen) atoms. The Bertz CT molecular complexity index is 1080. The molecule has 0 fully saturated rings. The summed E-state index contributed by atoms with van der Waals surface area (Å²) in [5.74, 6) is 1.53. The summed E-state index contributed by atoms with van der Waals surface area (Å²) >= 11 is 5.12. The average Bonchev–Trinajstić information content (AvgIpc) is 3.15. The zero-order valence-corrected chi connectivity index (χ0v) is 17.3. The molecular formula is C22H17BrN4S. The first-order valence-corrected chi connectivity index (χ1v) is 10.5. The molecule has 0 aliphatic rings. The molecule has 0 aliphatic carbocycles. The molecule has 0 atom stereocenters. The summed E-state index contributed by atoms with van der Waals surface area (Å²) in [6.07, 6.45) is 1.83. The highest BCUT2D eigenvalue weighted by atomic mass is 79.9. The van der Waals surface area contributed by atoms with Gasteiger partial charge in [-0.15, -0.1) is 10.2 Å². The first kappa shape index (κ1) is 18.7. The van der Waals surface area contributed by atoms with Crippen LogP contribution in [0.3, 0.4) is 0 Å². The molecule has 1 heterocycles. The van der Waals surface area contributed by atoms with Crippen LogP contribution in [0.4, 0.5) is 0 Å². The normalized spacial score (nSPS) is 11.2. The summed E-state index contributed by atoms with van der Waals surface area (Å²) in [5, 5.41) is 14.2. The van der Waals surface area contributed by atoms with E-state index in [9.17, 15) is 0 Å². The van der Waals surface area contributed by atoms with Gasteiger partial charge in [-0.2, -0.15) is 9.78 Å². The topological polar surface area (TPSA) is 43.1 Å². The molecule has 6 heteroatoms. The lowest BCUT2D eigenvalue weighted by molar-refractivity contribution is 0.772. The molecule has 138 valence electrons. The number of hydrogen-bond donors (Lipinski definition) is 0. The van der Waals surface area contributed by atoms with E-state index in [0.29, 0.717) is 0 Å². The van der Waals surface area contributed by atoms with Crippen molar-refractivity contribution in [1.82, 2.24) is 14.9 Å². The highest BCUT2D eigenvalue weighted by Gasteiger charge is 2.14. The van der Waals surface area contributed by atoms with Crippen LogP contribution in [0.1, 0.15) is 11.1 Å². The van der Waals surface area contributed by atoms with Crippen LogP contribution in [0, 0.1) is 0 Å². The van der Waals surface area contributed by atoms with Crippen LogP contribution < -0.4 is 0 Å². The predicted molar refractivity (Wildman–Crippen MR) is 119 cm³/mol. The van der Waals surface area contributed by atoms with Gasteiger partial charge < -0.3 is 0 Å². The quantitative estimate of drug-likeness (QED) is 0.273. The lowest BCUT2D eigenvalue weighted by Crippen LogP contribution is -1.97. The maximum absolute atomic E-state index is 4.69. The molecule has 3 aromatic carbocycles. The fourth-order valence-electron chi connectivity index (χ4n) is 2.66. The zero-order chi connectivity index (χ0) is 19.2. The molecule has 0 unspecified atom stereocenters. The third kappa shape index (κ3) is 4.58. The molecule has 0 saturated heterocycles. The molecule has 0 N–H and O–H groups in total. The fourth-order valence-corrected chi connectivity index (χ4v) is 3.92. The Kier molecular flexibility index (Phi) is 5.99. The van der Waals surface area contributed by atoms with Gasteiger partial charge in [0.05, 0.1) is 6.21 Å². The van der Waals surface area contributed by atoms with E-state index in [1.807, 2.05) is 83.7 Å². The van der Waals surface area contributed by atoms with Gasteiger partial charge in [-0.25, -0.2) is 0 Å². The second kappa shape index (κ2) is 8.99. The second-order valence-electron chi connectivity index (χ2n) is 6.06. The number of halogens is 1. The van der Waals surface area contributed by atoms with Crippen molar-refractivity contribution in [3.8, 4) is 11.4 Å². The van der Waals surface area contributed by atoms with E-state index in [-0.39, 0.29) is 0 Å².